The number of aryl methyl sites for hydroxylation is 1. The molecule has 1 aliphatic rings. The van der Waals surface area contributed by atoms with Crippen LogP contribution in [0.5, 0.6) is 0 Å². The molecule has 0 saturated carbocycles. The highest BCUT2D eigenvalue weighted by Gasteiger charge is 2.23. The number of anilines is 1. The molecule has 1 fully saturated rings. The molecule has 3 heterocycles. The maximum atomic E-state index is 12.8. The van der Waals surface area contributed by atoms with Gasteiger partial charge >= 0.3 is 0 Å². The van der Waals surface area contributed by atoms with Gasteiger partial charge in [-0.25, -0.2) is 0 Å². The topological polar surface area (TPSA) is 124 Å². The number of nitrogens with zero attached hydrogens (tertiary/aromatic N) is 4. The van der Waals surface area contributed by atoms with E-state index in [1.807, 2.05) is 24.3 Å². The number of rotatable bonds is 6. The summed E-state index contributed by atoms with van der Waals surface area (Å²) >= 11 is 1.05. The average Bonchev–Trinajstić information content (AvgIpc) is 3.51. The second-order valence-electron chi connectivity index (χ2n) is 8.84. The van der Waals surface area contributed by atoms with E-state index in [4.69, 9.17) is 9.68 Å². The number of hydrogen-bond donors (Lipinski definition) is 2. The highest BCUT2D eigenvalue weighted by atomic mass is 32.1. The fourth-order valence-corrected chi connectivity index (χ4v) is 4.85. The number of fused-ring (bicyclic) bond motifs is 1. The van der Waals surface area contributed by atoms with Gasteiger partial charge in [-0.1, -0.05) is 16.6 Å². The molecule has 36 heavy (non-hydrogen) atoms. The zero-order valence-corrected chi connectivity index (χ0v) is 20.5. The van der Waals surface area contributed by atoms with Crippen LogP contribution in [-0.4, -0.2) is 45.4 Å². The summed E-state index contributed by atoms with van der Waals surface area (Å²) in [6.07, 6.45) is 1.70. The lowest BCUT2D eigenvalue weighted by Gasteiger charge is -2.32. The molecule has 2 N–H and O–H groups in total. The second kappa shape index (κ2) is 10.3. The number of hydrogen-bond acceptors (Lipinski definition) is 8. The van der Waals surface area contributed by atoms with Gasteiger partial charge in [0.05, 0.1) is 17.3 Å². The van der Waals surface area contributed by atoms with E-state index >= 15 is 0 Å². The first-order valence-corrected chi connectivity index (χ1v) is 12.4. The van der Waals surface area contributed by atoms with Crippen LogP contribution >= 0.6 is 11.5 Å². The van der Waals surface area contributed by atoms with Crippen molar-refractivity contribution in [3.8, 4) is 6.07 Å². The number of nitrogens with one attached hydrogen (secondary N) is 2. The molecule has 2 aromatic heterocycles. The molecule has 0 bridgehead atoms. The van der Waals surface area contributed by atoms with Crippen LogP contribution in [0.2, 0.25) is 0 Å². The predicted molar refractivity (Wildman–Crippen MR) is 136 cm³/mol. The van der Waals surface area contributed by atoms with Crippen LogP contribution in [0, 0.1) is 18.3 Å². The molecule has 1 saturated heterocycles. The van der Waals surface area contributed by atoms with Gasteiger partial charge in [0.2, 0.25) is 0 Å². The van der Waals surface area contributed by atoms with Crippen LogP contribution in [-0.2, 0) is 6.54 Å². The van der Waals surface area contributed by atoms with Crippen molar-refractivity contribution in [1.29, 1.82) is 5.26 Å². The fraction of sp³-hybridized carbons (Fsp3) is 0.269. The van der Waals surface area contributed by atoms with Crippen molar-refractivity contribution in [3.05, 3.63) is 76.0 Å². The molecule has 0 radical (unpaired) electrons. The molecular weight excluding hydrogens is 476 g/mol. The monoisotopic (exact) mass is 500 g/mol. The van der Waals surface area contributed by atoms with E-state index in [0.717, 1.165) is 49.4 Å². The van der Waals surface area contributed by atoms with Gasteiger partial charge < -0.3 is 15.1 Å². The Kier molecular flexibility index (Phi) is 6.75. The van der Waals surface area contributed by atoms with E-state index in [1.165, 1.54) is 5.56 Å². The number of carbonyl (C=O) groups is 2. The van der Waals surface area contributed by atoms with Crippen molar-refractivity contribution in [2.45, 2.75) is 32.4 Å². The summed E-state index contributed by atoms with van der Waals surface area (Å²) in [5.74, 6) is -0.265. The number of piperidine rings is 1. The van der Waals surface area contributed by atoms with E-state index in [9.17, 15) is 9.59 Å². The number of carbonyl (C=O) groups excluding carboxylic acids is 2. The second-order valence-corrected chi connectivity index (χ2v) is 9.59. The van der Waals surface area contributed by atoms with Crippen LogP contribution in [0.15, 0.2) is 52.9 Å². The Bertz CT molecular complexity index is 1440. The predicted octanol–water partition coefficient (Wildman–Crippen LogP) is 4.11. The molecule has 1 aliphatic heterocycles. The Morgan fingerprint density at radius 3 is 2.61 bits per heavy atom. The summed E-state index contributed by atoms with van der Waals surface area (Å²) in [6, 6.07) is 16.8. The Morgan fingerprint density at radius 1 is 1.14 bits per heavy atom. The van der Waals surface area contributed by atoms with E-state index in [2.05, 4.69) is 31.2 Å². The number of benzene rings is 2. The quantitative estimate of drug-likeness (QED) is 0.408. The number of likely N-dealkylation sites (tertiary alicyclic amines) is 1. The Hall–Kier alpha value is -4.07. The third kappa shape index (κ3) is 5.27. The summed E-state index contributed by atoms with van der Waals surface area (Å²) in [5, 5.41) is 19.5. The van der Waals surface area contributed by atoms with Crippen molar-refractivity contribution in [1.82, 2.24) is 19.8 Å². The summed E-state index contributed by atoms with van der Waals surface area (Å²) in [4.78, 5) is 28.1. The van der Waals surface area contributed by atoms with Crippen molar-refractivity contribution in [3.63, 3.8) is 0 Å². The van der Waals surface area contributed by atoms with Gasteiger partial charge in [0.15, 0.2) is 5.76 Å². The fourth-order valence-electron chi connectivity index (χ4n) is 4.30. The summed E-state index contributed by atoms with van der Waals surface area (Å²) in [7, 11) is 0. The number of aromatic nitrogens is 2. The molecular formula is C26H24N6O3S. The molecule has 0 spiro atoms. The zero-order valence-electron chi connectivity index (χ0n) is 19.7. The van der Waals surface area contributed by atoms with E-state index in [1.54, 1.807) is 31.2 Å². The number of amides is 2. The number of furan rings is 1. The third-order valence-electron chi connectivity index (χ3n) is 6.27. The lowest BCUT2D eigenvalue weighted by Crippen LogP contribution is -2.44. The lowest BCUT2D eigenvalue weighted by atomic mass is 10.0. The average molecular weight is 501 g/mol. The maximum absolute atomic E-state index is 12.8. The van der Waals surface area contributed by atoms with Crippen LogP contribution in [0.1, 0.15) is 49.9 Å². The molecule has 0 atom stereocenters. The first-order valence-electron chi connectivity index (χ1n) is 11.6. The summed E-state index contributed by atoms with van der Waals surface area (Å²) in [5.41, 5.74) is 3.60. The lowest BCUT2D eigenvalue weighted by molar-refractivity contribution is 0.0883. The minimum Gasteiger partial charge on any atom is -0.451 e. The normalized spacial score (nSPS) is 14.4. The van der Waals surface area contributed by atoms with Gasteiger partial charge in [0.1, 0.15) is 10.5 Å². The van der Waals surface area contributed by atoms with Crippen molar-refractivity contribution in [2.24, 2.45) is 0 Å². The largest absolute Gasteiger partial charge is 0.451 e. The van der Waals surface area contributed by atoms with Crippen LogP contribution < -0.4 is 10.6 Å². The highest BCUT2D eigenvalue weighted by molar-refractivity contribution is 7.08. The Balaban J connectivity index is 1.16. The van der Waals surface area contributed by atoms with Gasteiger partial charge in [-0.05, 0) is 73.3 Å². The Labute approximate surface area is 211 Å². The van der Waals surface area contributed by atoms with Crippen LogP contribution in [0.25, 0.3) is 11.0 Å². The van der Waals surface area contributed by atoms with Crippen LogP contribution in [0.3, 0.4) is 0 Å². The molecule has 5 rings (SSSR count). The van der Waals surface area contributed by atoms with Crippen molar-refractivity contribution in [2.75, 3.05) is 18.4 Å². The van der Waals surface area contributed by atoms with Gasteiger partial charge in [-0.2, -0.15) is 5.26 Å². The molecule has 0 aliphatic carbocycles. The van der Waals surface area contributed by atoms with E-state index < -0.39 is 0 Å². The summed E-state index contributed by atoms with van der Waals surface area (Å²) < 4.78 is 9.56. The smallest absolute Gasteiger partial charge is 0.287 e. The molecule has 10 heteroatoms. The highest BCUT2D eigenvalue weighted by Crippen LogP contribution is 2.24. The van der Waals surface area contributed by atoms with Gasteiger partial charge in [-0.3, -0.25) is 14.5 Å². The van der Waals surface area contributed by atoms with E-state index in [-0.39, 0.29) is 23.6 Å². The molecule has 9 nitrogen and oxygen atoms in total. The van der Waals surface area contributed by atoms with Crippen molar-refractivity contribution < 1.29 is 14.0 Å². The molecule has 2 aromatic carbocycles. The number of nitriles is 1. The first-order chi connectivity index (χ1) is 17.5. The Morgan fingerprint density at radius 2 is 1.92 bits per heavy atom. The zero-order chi connectivity index (χ0) is 25.1. The molecule has 2 amide bonds. The van der Waals surface area contributed by atoms with Gasteiger partial charge in [0, 0.05) is 36.7 Å². The van der Waals surface area contributed by atoms with E-state index in [0.29, 0.717) is 27.4 Å². The minimum absolute atomic E-state index is 0.0778. The minimum atomic E-state index is -0.270. The van der Waals surface area contributed by atoms with Crippen molar-refractivity contribution >= 4 is 40.0 Å². The molecule has 0 unspecified atom stereocenters. The maximum Gasteiger partial charge on any atom is 0.287 e. The molecule has 182 valence electrons. The first kappa shape index (κ1) is 23.7. The summed E-state index contributed by atoms with van der Waals surface area (Å²) in [6.45, 7) is 4.32. The van der Waals surface area contributed by atoms with Gasteiger partial charge in [-0.15, -0.1) is 5.10 Å². The molecule has 4 aromatic rings. The van der Waals surface area contributed by atoms with Crippen LogP contribution in [0.4, 0.5) is 5.69 Å². The van der Waals surface area contributed by atoms with Gasteiger partial charge in [0.25, 0.3) is 11.8 Å². The standard InChI is InChI=1S/C26H24N6O3S/c1-16-24(36-31-30-16)26(34)29-21-6-7-22-19(12-21)13-23(35-22)25(33)28-20-8-10-32(11-9-20)15-18-4-2-17(14-27)3-5-18/h2-7,12-13,20H,8-11,15H2,1H3,(H,28,33)(H,29,34). The third-order valence-corrected chi connectivity index (χ3v) is 7.09. The SMILES string of the molecule is Cc1nnsc1C(=O)Nc1ccc2oc(C(=O)NC3CCN(Cc4ccc(C#N)cc4)CC3)cc2c1.